The van der Waals surface area contributed by atoms with E-state index in [4.69, 9.17) is 21.9 Å². The largest absolute Gasteiger partial charge is 0.464 e. The van der Waals surface area contributed by atoms with Crippen LogP contribution in [0.2, 0.25) is 0 Å². The van der Waals surface area contributed by atoms with Gasteiger partial charge >= 0.3 is 12.0 Å². The normalized spacial score (nSPS) is 10.3. The Bertz CT molecular complexity index is 482. The number of carbonyl (C=O) groups excluding carboxylic acids is 2. The van der Waals surface area contributed by atoms with Gasteiger partial charge in [-0.3, -0.25) is 9.69 Å². The average Bonchev–Trinajstić information content (AvgIpc) is 2.32. The molecule has 0 aliphatic heterocycles. The number of carbonyl (C=O) groups is 2. The Morgan fingerprint density at radius 1 is 1.20 bits per heavy atom. The Labute approximate surface area is 117 Å². The fourth-order valence-corrected chi connectivity index (χ4v) is 1.59. The van der Waals surface area contributed by atoms with Crippen molar-refractivity contribution in [2.75, 3.05) is 29.5 Å². The molecule has 0 aliphatic carbocycles. The molecule has 0 saturated carbocycles. The zero-order chi connectivity index (χ0) is 15.3. The molecule has 0 atom stereocenters. The van der Waals surface area contributed by atoms with Crippen molar-refractivity contribution in [2.45, 2.75) is 13.8 Å². The van der Waals surface area contributed by atoms with Crippen molar-refractivity contribution < 1.29 is 14.3 Å². The zero-order valence-corrected chi connectivity index (χ0v) is 11.6. The Morgan fingerprint density at radius 3 is 2.20 bits per heavy atom. The van der Waals surface area contributed by atoms with Crippen molar-refractivity contribution in [1.29, 1.82) is 0 Å². The van der Waals surface area contributed by atoms with Gasteiger partial charge in [0.25, 0.3) is 0 Å². The number of esters is 1. The molecular formula is C13H20N4O3. The summed E-state index contributed by atoms with van der Waals surface area (Å²) in [4.78, 5) is 24.1. The molecule has 0 saturated heterocycles. The number of hydrogen-bond donors (Lipinski definition) is 3. The lowest BCUT2D eigenvalue weighted by molar-refractivity contribution is -0.146. The molecule has 7 nitrogen and oxygen atoms in total. The van der Waals surface area contributed by atoms with Crippen LogP contribution < -0.4 is 22.1 Å². The first-order chi connectivity index (χ1) is 9.31. The molecule has 0 spiro atoms. The lowest BCUT2D eigenvalue weighted by Crippen LogP contribution is -2.38. The van der Waals surface area contributed by atoms with Gasteiger partial charge in [-0.25, -0.2) is 4.79 Å². The van der Waals surface area contributed by atoms with Gasteiger partial charge in [0, 0.05) is 17.1 Å². The molecule has 0 heterocycles. The number of primary amides is 1. The topological polar surface area (TPSA) is 125 Å². The summed E-state index contributed by atoms with van der Waals surface area (Å²) in [6.45, 7) is 3.64. The van der Waals surface area contributed by atoms with E-state index in [9.17, 15) is 9.59 Å². The number of nitrogens with zero attached hydrogens (tertiary/aromatic N) is 1. The van der Waals surface area contributed by atoms with Crippen LogP contribution in [0.5, 0.6) is 0 Å². The van der Waals surface area contributed by atoms with Crippen LogP contribution in [0.15, 0.2) is 18.2 Å². The van der Waals surface area contributed by atoms with Gasteiger partial charge < -0.3 is 21.9 Å². The SMILES string of the molecule is CC(C)C(=O)OCCN(C(N)=O)c1cc(N)cc(N)c1. The number of amides is 2. The van der Waals surface area contributed by atoms with E-state index in [1.54, 1.807) is 32.0 Å². The van der Waals surface area contributed by atoms with Crippen LogP contribution in [0.1, 0.15) is 13.8 Å². The van der Waals surface area contributed by atoms with Crippen LogP contribution in [0.25, 0.3) is 0 Å². The van der Waals surface area contributed by atoms with Crippen LogP contribution in [0, 0.1) is 5.92 Å². The molecule has 6 N–H and O–H groups in total. The second kappa shape index (κ2) is 6.65. The first kappa shape index (κ1) is 15.6. The number of nitrogen functional groups attached to an aromatic ring is 2. The fraction of sp³-hybridized carbons (Fsp3) is 0.385. The van der Waals surface area contributed by atoms with Crippen molar-refractivity contribution in [3.63, 3.8) is 0 Å². The number of hydrogen-bond acceptors (Lipinski definition) is 5. The molecular weight excluding hydrogens is 260 g/mol. The van der Waals surface area contributed by atoms with Gasteiger partial charge in [0.2, 0.25) is 0 Å². The molecule has 1 aromatic carbocycles. The van der Waals surface area contributed by atoms with E-state index in [1.165, 1.54) is 4.90 Å². The average molecular weight is 280 g/mol. The summed E-state index contributed by atoms with van der Waals surface area (Å²) >= 11 is 0. The third-order valence-corrected chi connectivity index (χ3v) is 2.57. The van der Waals surface area contributed by atoms with Crippen molar-refractivity contribution in [2.24, 2.45) is 11.7 Å². The highest BCUT2D eigenvalue weighted by atomic mass is 16.5. The molecule has 0 aromatic heterocycles. The molecule has 0 fully saturated rings. The summed E-state index contributed by atoms with van der Waals surface area (Å²) in [7, 11) is 0. The maximum absolute atomic E-state index is 11.5. The zero-order valence-electron chi connectivity index (χ0n) is 11.6. The van der Waals surface area contributed by atoms with Crippen molar-refractivity contribution in [1.82, 2.24) is 0 Å². The second-order valence-electron chi connectivity index (χ2n) is 4.67. The molecule has 1 aromatic rings. The highest BCUT2D eigenvalue weighted by molar-refractivity contribution is 5.92. The molecule has 0 aliphatic rings. The second-order valence-corrected chi connectivity index (χ2v) is 4.67. The minimum absolute atomic E-state index is 0.0503. The van der Waals surface area contributed by atoms with Gasteiger partial charge in [-0.1, -0.05) is 13.8 Å². The quantitative estimate of drug-likeness (QED) is 0.546. The molecule has 0 bridgehead atoms. The van der Waals surface area contributed by atoms with E-state index in [-0.39, 0.29) is 25.0 Å². The summed E-state index contributed by atoms with van der Waals surface area (Å²) in [5.74, 6) is -0.554. The maximum Gasteiger partial charge on any atom is 0.319 e. The molecule has 2 amide bonds. The first-order valence-corrected chi connectivity index (χ1v) is 6.21. The molecule has 7 heteroatoms. The van der Waals surface area contributed by atoms with Crippen LogP contribution in [-0.2, 0) is 9.53 Å². The van der Waals surface area contributed by atoms with Crippen molar-refractivity contribution >= 4 is 29.1 Å². The first-order valence-electron chi connectivity index (χ1n) is 6.21. The molecule has 0 unspecified atom stereocenters. The summed E-state index contributed by atoms with van der Waals surface area (Å²) < 4.78 is 5.02. The van der Waals surface area contributed by atoms with Crippen molar-refractivity contribution in [3.8, 4) is 0 Å². The van der Waals surface area contributed by atoms with E-state index in [0.29, 0.717) is 17.1 Å². The Balaban J connectivity index is 2.75. The lowest BCUT2D eigenvalue weighted by atomic mass is 10.2. The summed E-state index contributed by atoms with van der Waals surface area (Å²) in [6.07, 6.45) is 0. The number of benzene rings is 1. The third-order valence-electron chi connectivity index (χ3n) is 2.57. The van der Waals surface area contributed by atoms with Crippen LogP contribution in [0.4, 0.5) is 21.9 Å². The van der Waals surface area contributed by atoms with Crippen LogP contribution >= 0.6 is 0 Å². The van der Waals surface area contributed by atoms with Gasteiger partial charge in [-0.2, -0.15) is 0 Å². The predicted octanol–water partition coefficient (Wildman–Crippen LogP) is 0.935. The van der Waals surface area contributed by atoms with E-state index < -0.39 is 6.03 Å². The molecule has 20 heavy (non-hydrogen) atoms. The van der Waals surface area contributed by atoms with E-state index in [2.05, 4.69) is 0 Å². The Kier molecular flexibility index (Phi) is 5.19. The number of urea groups is 1. The number of ether oxygens (including phenoxy) is 1. The minimum Gasteiger partial charge on any atom is -0.464 e. The summed E-state index contributed by atoms with van der Waals surface area (Å²) in [5.41, 5.74) is 18.0. The van der Waals surface area contributed by atoms with Crippen molar-refractivity contribution in [3.05, 3.63) is 18.2 Å². The number of nitrogens with two attached hydrogens (primary N) is 3. The smallest absolute Gasteiger partial charge is 0.319 e. The number of anilines is 3. The van der Waals surface area contributed by atoms with Crippen LogP contribution in [0.3, 0.4) is 0 Å². The monoisotopic (exact) mass is 280 g/mol. The molecule has 110 valence electrons. The Hall–Kier alpha value is -2.44. The van der Waals surface area contributed by atoms with Gasteiger partial charge in [0.1, 0.15) is 6.61 Å². The lowest BCUT2D eigenvalue weighted by Gasteiger charge is -2.21. The molecule has 0 radical (unpaired) electrons. The van der Waals surface area contributed by atoms with E-state index >= 15 is 0 Å². The van der Waals surface area contributed by atoms with E-state index in [1.807, 2.05) is 0 Å². The van der Waals surface area contributed by atoms with Gasteiger partial charge in [0.05, 0.1) is 12.5 Å². The van der Waals surface area contributed by atoms with Gasteiger partial charge in [0.15, 0.2) is 0 Å². The third kappa shape index (κ3) is 4.34. The number of rotatable bonds is 5. The van der Waals surface area contributed by atoms with Gasteiger partial charge in [-0.15, -0.1) is 0 Å². The summed E-state index contributed by atoms with van der Waals surface area (Å²) in [6, 6.07) is 4.05. The predicted molar refractivity (Wildman–Crippen MR) is 78.0 cm³/mol. The molecule has 1 rings (SSSR count). The highest BCUT2D eigenvalue weighted by Gasteiger charge is 2.15. The maximum atomic E-state index is 11.5. The van der Waals surface area contributed by atoms with Gasteiger partial charge in [-0.05, 0) is 18.2 Å². The standard InChI is InChI=1S/C13H20N4O3/c1-8(2)12(18)20-4-3-17(13(16)19)11-6-9(14)5-10(15)7-11/h5-8H,3-4,14-15H2,1-2H3,(H2,16,19). The van der Waals surface area contributed by atoms with E-state index in [0.717, 1.165) is 0 Å². The van der Waals surface area contributed by atoms with Crippen LogP contribution in [-0.4, -0.2) is 25.2 Å². The highest BCUT2D eigenvalue weighted by Crippen LogP contribution is 2.22. The fourth-order valence-electron chi connectivity index (χ4n) is 1.59. The Morgan fingerprint density at radius 2 is 1.75 bits per heavy atom. The minimum atomic E-state index is -0.671. The summed E-state index contributed by atoms with van der Waals surface area (Å²) in [5, 5.41) is 0.